The molecule has 0 atom stereocenters. The molecule has 0 aliphatic rings. The molecule has 2 aromatic carbocycles. The smallest absolute Gasteiger partial charge is 0.138 e. The molecule has 0 amide bonds. The molecule has 2 aromatic rings. The first-order chi connectivity index (χ1) is 8.70. The van der Waals surface area contributed by atoms with Gasteiger partial charge < -0.3 is 10.5 Å². The van der Waals surface area contributed by atoms with Crippen LogP contribution in [-0.4, -0.2) is 0 Å². The van der Waals surface area contributed by atoms with E-state index in [-0.39, 0.29) is 12.4 Å². The maximum absolute atomic E-state index is 13.3. The van der Waals surface area contributed by atoms with Crippen LogP contribution in [0, 0.1) is 5.82 Å². The number of hydrogen-bond donors (Lipinski definition) is 1. The summed E-state index contributed by atoms with van der Waals surface area (Å²) in [6, 6.07) is 12.0. The highest BCUT2D eigenvalue weighted by Crippen LogP contribution is 2.24. The molecule has 2 rings (SSSR count). The van der Waals surface area contributed by atoms with Gasteiger partial charge in [-0.1, -0.05) is 29.8 Å². The van der Waals surface area contributed by atoms with E-state index < -0.39 is 0 Å². The van der Waals surface area contributed by atoms with Crippen molar-refractivity contribution in [2.24, 2.45) is 5.73 Å². The van der Waals surface area contributed by atoms with Crippen LogP contribution in [0.25, 0.3) is 0 Å². The van der Waals surface area contributed by atoms with E-state index in [0.717, 1.165) is 5.56 Å². The fraction of sp³-hybridized carbons (Fsp3) is 0.143. The third kappa shape index (κ3) is 3.00. The SMILES string of the molecule is NCc1cc(COc2ccccc2Cl)ccc1F. The second-order valence-corrected chi connectivity index (χ2v) is 4.26. The zero-order valence-corrected chi connectivity index (χ0v) is 10.5. The number of halogens is 2. The third-order valence-corrected chi connectivity index (χ3v) is 2.87. The molecule has 2 N–H and O–H groups in total. The van der Waals surface area contributed by atoms with Crippen molar-refractivity contribution in [1.29, 1.82) is 0 Å². The molecule has 0 spiro atoms. The lowest BCUT2D eigenvalue weighted by Crippen LogP contribution is -2.02. The van der Waals surface area contributed by atoms with E-state index in [1.54, 1.807) is 24.3 Å². The van der Waals surface area contributed by atoms with Crippen LogP contribution in [0.1, 0.15) is 11.1 Å². The number of hydrogen-bond acceptors (Lipinski definition) is 2. The third-order valence-electron chi connectivity index (χ3n) is 2.56. The van der Waals surface area contributed by atoms with Crippen molar-refractivity contribution < 1.29 is 9.13 Å². The second-order valence-electron chi connectivity index (χ2n) is 3.85. The van der Waals surface area contributed by atoms with Crippen LogP contribution in [0.3, 0.4) is 0 Å². The van der Waals surface area contributed by atoms with Crippen molar-refractivity contribution >= 4 is 11.6 Å². The predicted octanol–water partition coefficient (Wildman–Crippen LogP) is 3.52. The molecule has 4 heteroatoms. The van der Waals surface area contributed by atoms with Crippen molar-refractivity contribution in [3.05, 3.63) is 64.4 Å². The monoisotopic (exact) mass is 265 g/mol. The number of para-hydroxylation sites is 1. The largest absolute Gasteiger partial charge is 0.487 e. The van der Waals surface area contributed by atoms with Crippen molar-refractivity contribution in [2.45, 2.75) is 13.2 Å². The van der Waals surface area contributed by atoms with Gasteiger partial charge in [0, 0.05) is 12.1 Å². The molecule has 0 aliphatic carbocycles. The van der Waals surface area contributed by atoms with Gasteiger partial charge in [-0.3, -0.25) is 0 Å². The Hall–Kier alpha value is -1.58. The first kappa shape index (κ1) is 12.9. The molecular formula is C14H13ClFNO. The van der Waals surface area contributed by atoms with Crippen molar-refractivity contribution in [3.8, 4) is 5.75 Å². The van der Waals surface area contributed by atoms with Gasteiger partial charge in [-0.2, -0.15) is 0 Å². The summed E-state index contributed by atoms with van der Waals surface area (Å²) in [5.74, 6) is 0.316. The van der Waals surface area contributed by atoms with Crippen LogP contribution < -0.4 is 10.5 Å². The van der Waals surface area contributed by atoms with Gasteiger partial charge in [-0.15, -0.1) is 0 Å². The van der Waals surface area contributed by atoms with Gasteiger partial charge in [-0.05, 0) is 29.8 Å². The van der Waals surface area contributed by atoms with E-state index in [1.165, 1.54) is 6.07 Å². The Bertz CT molecular complexity index is 545. The Morgan fingerprint density at radius 3 is 2.67 bits per heavy atom. The topological polar surface area (TPSA) is 35.2 Å². The van der Waals surface area contributed by atoms with Gasteiger partial charge in [0.1, 0.15) is 18.2 Å². The van der Waals surface area contributed by atoms with Gasteiger partial charge in [-0.25, -0.2) is 4.39 Å². The van der Waals surface area contributed by atoms with E-state index in [1.807, 2.05) is 12.1 Å². The molecule has 0 aliphatic heterocycles. The minimum atomic E-state index is -0.293. The van der Waals surface area contributed by atoms with Crippen LogP contribution in [0.2, 0.25) is 5.02 Å². The predicted molar refractivity (Wildman–Crippen MR) is 70.1 cm³/mol. The van der Waals surface area contributed by atoms with Crippen molar-refractivity contribution in [3.63, 3.8) is 0 Å². The highest BCUT2D eigenvalue weighted by molar-refractivity contribution is 6.32. The van der Waals surface area contributed by atoms with Gasteiger partial charge in [0.25, 0.3) is 0 Å². The van der Waals surface area contributed by atoms with E-state index in [4.69, 9.17) is 22.1 Å². The normalized spacial score (nSPS) is 10.4. The summed E-state index contributed by atoms with van der Waals surface area (Å²) in [7, 11) is 0. The number of rotatable bonds is 4. The quantitative estimate of drug-likeness (QED) is 0.918. The summed E-state index contributed by atoms with van der Waals surface area (Å²) in [4.78, 5) is 0. The molecule has 0 bridgehead atoms. The Morgan fingerprint density at radius 2 is 1.94 bits per heavy atom. The number of benzene rings is 2. The van der Waals surface area contributed by atoms with Crippen molar-refractivity contribution in [1.82, 2.24) is 0 Å². The fourth-order valence-electron chi connectivity index (χ4n) is 1.60. The summed E-state index contributed by atoms with van der Waals surface area (Å²) >= 11 is 5.97. The minimum absolute atomic E-state index is 0.172. The maximum Gasteiger partial charge on any atom is 0.138 e. The van der Waals surface area contributed by atoms with E-state index in [9.17, 15) is 4.39 Å². The van der Waals surface area contributed by atoms with Crippen LogP contribution >= 0.6 is 11.6 Å². The molecule has 0 fully saturated rings. The Labute approximate surface area is 110 Å². The van der Waals surface area contributed by atoms with Crippen LogP contribution in [0.4, 0.5) is 4.39 Å². The summed E-state index contributed by atoms with van der Waals surface area (Å²) in [5, 5.41) is 0.554. The van der Waals surface area contributed by atoms with E-state index in [2.05, 4.69) is 0 Å². The second kappa shape index (κ2) is 5.85. The van der Waals surface area contributed by atoms with Crippen molar-refractivity contribution in [2.75, 3.05) is 0 Å². The molecule has 0 heterocycles. The molecule has 0 radical (unpaired) electrons. The molecule has 0 aromatic heterocycles. The first-order valence-corrected chi connectivity index (χ1v) is 5.93. The summed E-state index contributed by atoms with van der Waals surface area (Å²) in [6.07, 6.45) is 0. The van der Waals surface area contributed by atoms with Crippen LogP contribution in [0.15, 0.2) is 42.5 Å². The molecule has 94 valence electrons. The highest BCUT2D eigenvalue weighted by atomic mass is 35.5. The zero-order valence-electron chi connectivity index (χ0n) is 9.70. The average molecular weight is 266 g/mol. The molecule has 0 saturated carbocycles. The number of nitrogens with two attached hydrogens (primary N) is 1. The van der Waals surface area contributed by atoms with Gasteiger partial charge in [0.15, 0.2) is 0 Å². The molecular weight excluding hydrogens is 253 g/mol. The first-order valence-electron chi connectivity index (χ1n) is 5.55. The minimum Gasteiger partial charge on any atom is -0.487 e. The summed E-state index contributed by atoms with van der Waals surface area (Å²) in [6.45, 7) is 0.503. The molecule has 0 saturated heterocycles. The van der Waals surface area contributed by atoms with Crippen LogP contribution in [0.5, 0.6) is 5.75 Å². The van der Waals surface area contributed by atoms with Crippen LogP contribution in [-0.2, 0) is 13.2 Å². The molecule has 2 nitrogen and oxygen atoms in total. The van der Waals surface area contributed by atoms with Gasteiger partial charge in [0.2, 0.25) is 0 Å². The van der Waals surface area contributed by atoms with Gasteiger partial charge in [0.05, 0.1) is 5.02 Å². The van der Waals surface area contributed by atoms with E-state index in [0.29, 0.717) is 22.9 Å². The average Bonchev–Trinajstić information content (AvgIpc) is 2.39. The Balaban J connectivity index is 2.09. The summed E-state index contributed by atoms with van der Waals surface area (Å²) < 4.78 is 18.8. The lowest BCUT2D eigenvalue weighted by Gasteiger charge is -2.09. The maximum atomic E-state index is 13.3. The summed E-state index contributed by atoms with van der Waals surface area (Å²) in [5.41, 5.74) is 6.79. The number of ether oxygens (including phenoxy) is 1. The lowest BCUT2D eigenvalue weighted by atomic mass is 10.1. The fourth-order valence-corrected chi connectivity index (χ4v) is 1.79. The molecule has 0 unspecified atom stereocenters. The lowest BCUT2D eigenvalue weighted by molar-refractivity contribution is 0.306. The standard InChI is InChI=1S/C14H13ClFNO/c15-12-3-1-2-4-14(12)18-9-10-5-6-13(16)11(7-10)8-17/h1-7H,8-9,17H2. The zero-order chi connectivity index (χ0) is 13.0. The van der Waals surface area contributed by atoms with Gasteiger partial charge >= 0.3 is 0 Å². The Kier molecular flexibility index (Phi) is 4.18. The Morgan fingerprint density at radius 1 is 1.17 bits per heavy atom. The molecule has 18 heavy (non-hydrogen) atoms. The van der Waals surface area contributed by atoms with E-state index >= 15 is 0 Å². The highest BCUT2D eigenvalue weighted by Gasteiger charge is 2.04.